The molecule has 0 saturated carbocycles. The van der Waals surface area contributed by atoms with Gasteiger partial charge in [-0.05, 0) is 18.0 Å². The summed E-state index contributed by atoms with van der Waals surface area (Å²) >= 11 is 0. The zero-order valence-corrected chi connectivity index (χ0v) is 10.4. The van der Waals surface area contributed by atoms with Gasteiger partial charge in [-0.25, -0.2) is 4.72 Å². The Balaban J connectivity index is 2.12. The molecule has 3 N–H and O–H groups in total. The van der Waals surface area contributed by atoms with Gasteiger partial charge >= 0.3 is 0 Å². The Hall–Kier alpha value is -0.950. The minimum Gasteiger partial charge on any atom is -0.330 e. The first kappa shape index (κ1) is 12.5. The average molecular weight is 255 g/mol. The van der Waals surface area contributed by atoms with E-state index in [2.05, 4.69) is 4.72 Å². The fourth-order valence-electron chi connectivity index (χ4n) is 1.86. The molecule has 1 heterocycles. The quantitative estimate of drug-likeness (QED) is 0.792. The van der Waals surface area contributed by atoms with Crippen LogP contribution in [0.5, 0.6) is 0 Å². The molecule has 1 aliphatic heterocycles. The van der Waals surface area contributed by atoms with Crippen LogP contribution in [-0.2, 0) is 16.8 Å². The molecule has 0 radical (unpaired) electrons. The Morgan fingerprint density at radius 2 is 2.06 bits per heavy atom. The van der Waals surface area contributed by atoms with E-state index in [1.807, 2.05) is 30.3 Å². The summed E-state index contributed by atoms with van der Waals surface area (Å²) in [5.41, 5.74) is 6.57. The first-order valence-corrected chi connectivity index (χ1v) is 7.04. The Morgan fingerprint density at radius 3 is 2.71 bits per heavy atom. The zero-order chi connectivity index (χ0) is 12.3. The van der Waals surface area contributed by atoms with Gasteiger partial charge in [-0.1, -0.05) is 30.3 Å². The maximum absolute atomic E-state index is 11.8. The fourth-order valence-corrected chi connectivity index (χ4v) is 3.21. The van der Waals surface area contributed by atoms with Crippen LogP contribution in [0.1, 0.15) is 5.56 Å². The van der Waals surface area contributed by atoms with Crippen molar-refractivity contribution in [1.82, 2.24) is 9.03 Å². The first-order chi connectivity index (χ1) is 8.12. The molecule has 1 aromatic rings. The fraction of sp³-hybridized carbons (Fsp3) is 0.455. The van der Waals surface area contributed by atoms with E-state index >= 15 is 0 Å². The molecule has 1 saturated heterocycles. The lowest BCUT2D eigenvalue weighted by molar-refractivity contribution is 0.306. The monoisotopic (exact) mass is 255 g/mol. The van der Waals surface area contributed by atoms with E-state index in [4.69, 9.17) is 5.73 Å². The largest absolute Gasteiger partial charge is 0.330 e. The highest BCUT2D eigenvalue weighted by atomic mass is 32.2. The van der Waals surface area contributed by atoms with Gasteiger partial charge in [-0.3, -0.25) is 0 Å². The normalized spacial score (nSPS) is 24.6. The standard InChI is InChI=1S/C11H17N3O2S/c12-6-11-7-13-17(15,16)14(9-11)8-10-4-2-1-3-5-10/h1-5,11,13H,6-9,12H2. The second-order valence-electron chi connectivity index (χ2n) is 4.23. The molecule has 0 aliphatic carbocycles. The summed E-state index contributed by atoms with van der Waals surface area (Å²) in [5.74, 6) is 0.183. The molecular weight excluding hydrogens is 238 g/mol. The topological polar surface area (TPSA) is 75.4 Å². The van der Waals surface area contributed by atoms with Gasteiger partial charge in [0.05, 0.1) is 0 Å². The van der Waals surface area contributed by atoms with Crippen molar-refractivity contribution >= 4 is 10.2 Å². The van der Waals surface area contributed by atoms with Crippen molar-refractivity contribution in [2.45, 2.75) is 6.54 Å². The third-order valence-electron chi connectivity index (χ3n) is 2.89. The zero-order valence-electron chi connectivity index (χ0n) is 9.54. The van der Waals surface area contributed by atoms with E-state index in [-0.39, 0.29) is 5.92 Å². The van der Waals surface area contributed by atoms with Gasteiger partial charge in [0.2, 0.25) is 0 Å². The van der Waals surface area contributed by atoms with Gasteiger partial charge in [0.1, 0.15) is 0 Å². The van der Waals surface area contributed by atoms with Crippen molar-refractivity contribution in [3.05, 3.63) is 35.9 Å². The lowest BCUT2D eigenvalue weighted by Gasteiger charge is -2.31. The van der Waals surface area contributed by atoms with Crippen molar-refractivity contribution < 1.29 is 8.42 Å². The third-order valence-corrected chi connectivity index (χ3v) is 4.38. The molecule has 5 nitrogen and oxygen atoms in total. The van der Waals surface area contributed by atoms with Crippen LogP contribution < -0.4 is 10.5 Å². The van der Waals surface area contributed by atoms with E-state index < -0.39 is 10.2 Å². The Kier molecular flexibility index (Phi) is 3.78. The van der Waals surface area contributed by atoms with Crippen LogP contribution in [0.25, 0.3) is 0 Å². The smallest absolute Gasteiger partial charge is 0.279 e. The molecule has 1 aromatic carbocycles. The summed E-state index contributed by atoms with van der Waals surface area (Å²) in [5, 5.41) is 0. The summed E-state index contributed by atoms with van der Waals surface area (Å²) in [6, 6.07) is 9.55. The highest BCUT2D eigenvalue weighted by Crippen LogP contribution is 2.14. The van der Waals surface area contributed by atoms with Crippen LogP contribution in [-0.4, -0.2) is 32.4 Å². The number of hydrogen-bond donors (Lipinski definition) is 2. The van der Waals surface area contributed by atoms with Gasteiger partial charge in [-0.2, -0.15) is 12.7 Å². The van der Waals surface area contributed by atoms with Crippen molar-refractivity contribution in [3.8, 4) is 0 Å². The lowest BCUT2D eigenvalue weighted by Crippen LogP contribution is -2.52. The summed E-state index contributed by atoms with van der Waals surface area (Å²) < 4.78 is 27.6. The maximum atomic E-state index is 11.8. The van der Waals surface area contributed by atoms with Crippen molar-refractivity contribution in [1.29, 1.82) is 0 Å². The number of nitrogens with one attached hydrogen (secondary N) is 1. The molecule has 17 heavy (non-hydrogen) atoms. The Bertz CT molecular complexity index is 461. The molecular formula is C11H17N3O2S. The molecule has 1 atom stereocenters. The van der Waals surface area contributed by atoms with Crippen LogP contribution in [0.4, 0.5) is 0 Å². The van der Waals surface area contributed by atoms with Gasteiger partial charge in [0.25, 0.3) is 10.2 Å². The minimum absolute atomic E-state index is 0.183. The SMILES string of the molecule is NCC1CNS(=O)(=O)N(Cc2ccccc2)C1. The molecule has 1 unspecified atom stereocenters. The van der Waals surface area contributed by atoms with Gasteiger partial charge in [-0.15, -0.1) is 0 Å². The molecule has 0 amide bonds. The number of hydrogen-bond acceptors (Lipinski definition) is 3. The van der Waals surface area contributed by atoms with Crippen molar-refractivity contribution in [3.63, 3.8) is 0 Å². The van der Waals surface area contributed by atoms with Crippen LogP contribution in [0.15, 0.2) is 30.3 Å². The second-order valence-corrected chi connectivity index (χ2v) is 5.99. The second kappa shape index (κ2) is 5.14. The van der Waals surface area contributed by atoms with E-state index in [1.165, 1.54) is 4.31 Å². The highest BCUT2D eigenvalue weighted by Gasteiger charge is 2.30. The number of nitrogens with zero attached hydrogens (tertiary/aromatic N) is 1. The highest BCUT2D eigenvalue weighted by molar-refractivity contribution is 7.87. The van der Waals surface area contributed by atoms with E-state index in [9.17, 15) is 8.42 Å². The summed E-state index contributed by atoms with van der Waals surface area (Å²) in [6.07, 6.45) is 0. The molecule has 94 valence electrons. The number of benzene rings is 1. The lowest BCUT2D eigenvalue weighted by atomic mass is 10.1. The molecule has 0 bridgehead atoms. The summed E-state index contributed by atoms with van der Waals surface area (Å²) in [6.45, 7) is 1.81. The van der Waals surface area contributed by atoms with E-state index in [0.717, 1.165) is 5.56 Å². The molecule has 0 spiro atoms. The van der Waals surface area contributed by atoms with Crippen LogP contribution >= 0.6 is 0 Å². The number of nitrogens with two attached hydrogens (primary N) is 1. The van der Waals surface area contributed by atoms with Crippen LogP contribution in [0, 0.1) is 5.92 Å². The van der Waals surface area contributed by atoms with Crippen molar-refractivity contribution in [2.24, 2.45) is 11.7 Å². The molecule has 0 aromatic heterocycles. The molecule has 1 fully saturated rings. The predicted octanol–water partition coefficient (Wildman–Crippen LogP) is -0.0885. The third kappa shape index (κ3) is 3.04. The van der Waals surface area contributed by atoms with Gasteiger partial charge in [0, 0.05) is 19.6 Å². The average Bonchev–Trinajstić information content (AvgIpc) is 2.33. The number of rotatable bonds is 3. The van der Waals surface area contributed by atoms with Crippen LogP contribution in [0.2, 0.25) is 0 Å². The summed E-state index contributed by atoms with van der Waals surface area (Å²) in [4.78, 5) is 0. The Labute approximate surface area is 102 Å². The Morgan fingerprint density at radius 1 is 1.35 bits per heavy atom. The van der Waals surface area contributed by atoms with Gasteiger partial charge in [0.15, 0.2) is 0 Å². The predicted molar refractivity (Wildman–Crippen MR) is 66.3 cm³/mol. The molecule has 1 aliphatic rings. The summed E-state index contributed by atoms with van der Waals surface area (Å²) in [7, 11) is -3.34. The van der Waals surface area contributed by atoms with E-state index in [1.54, 1.807) is 0 Å². The van der Waals surface area contributed by atoms with Crippen LogP contribution in [0.3, 0.4) is 0 Å². The first-order valence-electron chi connectivity index (χ1n) is 5.60. The van der Waals surface area contributed by atoms with E-state index in [0.29, 0.717) is 26.2 Å². The maximum Gasteiger partial charge on any atom is 0.279 e. The molecule has 6 heteroatoms. The van der Waals surface area contributed by atoms with Crippen molar-refractivity contribution in [2.75, 3.05) is 19.6 Å². The van der Waals surface area contributed by atoms with Gasteiger partial charge < -0.3 is 5.73 Å². The minimum atomic E-state index is -3.34. The molecule has 2 rings (SSSR count).